The van der Waals surface area contributed by atoms with Gasteiger partial charge in [0.05, 0.1) is 36.0 Å². The summed E-state index contributed by atoms with van der Waals surface area (Å²) in [5.74, 6) is -2.39. The van der Waals surface area contributed by atoms with Gasteiger partial charge in [-0.1, -0.05) is 12.1 Å². The number of fused-ring (bicyclic) bond motifs is 1. The van der Waals surface area contributed by atoms with E-state index in [1.165, 1.54) is 29.9 Å². The molecule has 2 heterocycles. The van der Waals surface area contributed by atoms with Crippen molar-refractivity contribution in [1.29, 1.82) is 0 Å². The molecule has 0 radical (unpaired) electrons. The number of rotatable bonds is 11. The molecule has 0 saturated heterocycles. The molecule has 0 unspecified atom stereocenters. The molecule has 0 amide bonds. The minimum atomic E-state index is -4.82. The van der Waals surface area contributed by atoms with Crippen molar-refractivity contribution in [3.05, 3.63) is 65.5 Å². The highest BCUT2D eigenvalue weighted by atomic mass is 31.2. The van der Waals surface area contributed by atoms with Crippen LogP contribution in [0.3, 0.4) is 0 Å². The molecule has 0 aliphatic carbocycles. The van der Waals surface area contributed by atoms with Crippen LogP contribution < -0.4 is 10.6 Å². The number of benzene rings is 2. The van der Waals surface area contributed by atoms with Crippen LogP contribution in [-0.2, 0) is 33.0 Å². The van der Waals surface area contributed by atoms with E-state index in [1.807, 2.05) is 0 Å². The number of nitrogens with one attached hydrogen (secondary N) is 2. The van der Waals surface area contributed by atoms with Crippen LogP contribution in [0, 0.1) is 0 Å². The maximum Gasteiger partial charge on any atom is 0.421 e. The average molecular weight is 593 g/mol. The fourth-order valence-corrected chi connectivity index (χ4v) is 5.86. The molecule has 0 bridgehead atoms. The molecular weight excluding hydrogens is 566 g/mol. The molecule has 4 aromatic rings. The number of carboxylic acid groups (broad SMARTS) is 1. The normalized spacial score (nSPS) is 12.0. The number of hydrogen-bond donors (Lipinski definition) is 4. The third-order valence-corrected chi connectivity index (χ3v) is 8.00. The van der Waals surface area contributed by atoms with Crippen LogP contribution in [0.4, 0.5) is 36.3 Å². The zero-order chi connectivity index (χ0) is 29.9. The first kappa shape index (κ1) is 29.8. The summed E-state index contributed by atoms with van der Waals surface area (Å²) < 4.78 is 66.2. The van der Waals surface area contributed by atoms with Crippen molar-refractivity contribution in [1.82, 2.24) is 14.5 Å². The predicted molar refractivity (Wildman–Crippen MR) is 146 cm³/mol. The van der Waals surface area contributed by atoms with Gasteiger partial charge in [-0.15, -0.1) is 0 Å². The van der Waals surface area contributed by atoms with Gasteiger partial charge in [0.2, 0.25) is 11.8 Å². The fourth-order valence-electron chi connectivity index (χ4n) is 4.16. The lowest BCUT2D eigenvalue weighted by atomic mass is 10.1. The van der Waals surface area contributed by atoms with Gasteiger partial charge in [-0.3, -0.25) is 4.57 Å². The van der Waals surface area contributed by atoms with E-state index in [1.54, 1.807) is 38.1 Å². The second-order valence-electron chi connectivity index (χ2n) is 8.82. The number of aromatic nitrogens is 3. The van der Waals surface area contributed by atoms with Gasteiger partial charge in [-0.25, -0.2) is 9.78 Å². The average Bonchev–Trinajstić information content (AvgIpc) is 3.19. The van der Waals surface area contributed by atoms with Gasteiger partial charge in [-0.05, 0) is 43.7 Å². The van der Waals surface area contributed by atoms with Crippen molar-refractivity contribution in [3.63, 3.8) is 0 Å². The van der Waals surface area contributed by atoms with Gasteiger partial charge in [0.15, 0.2) is 0 Å². The Balaban J connectivity index is 1.65. The standard InChI is InChI=1S/C26H27F3N5O6P/c1-4-39-41(38,40-5-2)14-15-6-8-16(9-7-15)31-25-30-12-19(26(27,28)29)22(33-25)32-20-11-10-17(24(36)37)18-13-34(3)23(35)21(18)20/h6-13,35H,4-5,14H2,1-3H3,(H,36,37)(H2,30,31,32,33). The molecule has 4 rings (SSSR count). The van der Waals surface area contributed by atoms with Crippen LogP contribution in [0.15, 0.2) is 48.8 Å². The Morgan fingerprint density at radius 1 is 1.07 bits per heavy atom. The smallest absolute Gasteiger partial charge is 0.421 e. The SMILES string of the molecule is CCOP(=O)(Cc1ccc(Nc2ncc(C(F)(F)F)c(Nc3ccc(C(=O)O)c4cn(C)c(O)c34)n2)cc1)OCC. The van der Waals surface area contributed by atoms with Gasteiger partial charge in [0.25, 0.3) is 0 Å². The third kappa shape index (κ3) is 6.62. The van der Waals surface area contributed by atoms with Crippen LogP contribution in [0.5, 0.6) is 5.88 Å². The van der Waals surface area contributed by atoms with Crippen LogP contribution in [0.25, 0.3) is 10.8 Å². The van der Waals surface area contributed by atoms with Gasteiger partial charge >= 0.3 is 19.7 Å². The number of nitrogens with zero attached hydrogens (tertiary/aromatic N) is 3. The summed E-state index contributed by atoms with van der Waals surface area (Å²) in [6.07, 6.45) is -2.81. The maximum absolute atomic E-state index is 13.9. The molecule has 11 nitrogen and oxygen atoms in total. The third-order valence-electron chi connectivity index (χ3n) is 5.94. The maximum atomic E-state index is 13.9. The van der Waals surface area contributed by atoms with Crippen molar-refractivity contribution in [3.8, 4) is 5.88 Å². The number of aryl methyl sites for hydroxylation is 1. The largest absolute Gasteiger partial charge is 0.494 e. The summed E-state index contributed by atoms with van der Waals surface area (Å²) in [5, 5.41) is 25.6. The Morgan fingerprint density at radius 3 is 2.32 bits per heavy atom. The summed E-state index contributed by atoms with van der Waals surface area (Å²) in [6.45, 7) is 3.86. The molecule has 2 aromatic carbocycles. The quantitative estimate of drug-likeness (QED) is 0.139. The molecule has 15 heteroatoms. The second kappa shape index (κ2) is 11.8. The topological polar surface area (TPSA) is 148 Å². The molecule has 41 heavy (non-hydrogen) atoms. The molecule has 2 aromatic heterocycles. The predicted octanol–water partition coefficient (Wildman–Crippen LogP) is 6.64. The van der Waals surface area contributed by atoms with Crippen molar-refractivity contribution >= 4 is 47.5 Å². The number of halogens is 3. The molecule has 0 aliphatic heterocycles. The van der Waals surface area contributed by atoms with E-state index < -0.39 is 31.1 Å². The molecule has 0 spiro atoms. The van der Waals surface area contributed by atoms with Crippen LogP contribution in [-0.4, -0.2) is 43.9 Å². The minimum Gasteiger partial charge on any atom is -0.494 e. The highest BCUT2D eigenvalue weighted by molar-refractivity contribution is 7.53. The number of carboxylic acids is 1. The number of aromatic carboxylic acids is 1. The van der Waals surface area contributed by atoms with Gasteiger partial charge in [0.1, 0.15) is 11.4 Å². The summed E-state index contributed by atoms with van der Waals surface area (Å²) >= 11 is 0. The van der Waals surface area contributed by atoms with Gasteiger partial charge in [0, 0.05) is 30.5 Å². The number of hydrogen-bond acceptors (Lipinski definition) is 9. The highest BCUT2D eigenvalue weighted by Gasteiger charge is 2.36. The molecule has 0 saturated carbocycles. The lowest BCUT2D eigenvalue weighted by Gasteiger charge is -2.17. The van der Waals surface area contributed by atoms with E-state index in [-0.39, 0.29) is 53.2 Å². The molecule has 0 aliphatic rings. The van der Waals surface area contributed by atoms with E-state index in [9.17, 15) is 32.7 Å². The van der Waals surface area contributed by atoms with Gasteiger partial charge in [-0.2, -0.15) is 18.2 Å². The molecule has 0 atom stereocenters. The molecule has 218 valence electrons. The van der Waals surface area contributed by atoms with E-state index in [0.717, 1.165) is 0 Å². The number of carbonyl (C=O) groups is 1. The van der Waals surface area contributed by atoms with E-state index >= 15 is 0 Å². The first-order valence-corrected chi connectivity index (χ1v) is 14.1. The van der Waals surface area contributed by atoms with E-state index in [4.69, 9.17) is 9.05 Å². The fraction of sp³-hybridized carbons (Fsp3) is 0.269. The Morgan fingerprint density at radius 2 is 1.73 bits per heavy atom. The summed E-state index contributed by atoms with van der Waals surface area (Å²) in [7, 11) is -1.86. The van der Waals surface area contributed by atoms with Crippen molar-refractivity contribution in [2.24, 2.45) is 7.05 Å². The molecule has 0 fully saturated rings. The van der Waals surface area contributed by atoms with Crippen molar-refractivity contribution in [2.75, 3.05) is 23.8 Å². The highest BCUT2D eigenvalue weighted by Crippen LogP contribution is 2.51. The van der Waals surface area contributed by atoms with Crippen LogP contribution in [0.1, 0.15) is 35.3 Å². The Hall–Kier alpha value is -4.13. The molecule has 4 N–H and O–H groups in total. The first-order valence-electron chi connectivity index (χ1n) is 12.3. The van der Waals surface area contributed by atoms with Crippen LogP contribution in [0.2, 0.25) is 0 Å². The first-order chi connectivity index (χ1) is 19.3. The number of anilines is 4. The zero-order valence-corrected chi connectivity index (χ0v) is 23.1. The summed E-state index contributed by atoms with van der Waals surface area (Å²) in [4.78, 5) is 19.5. The summed E-state index contributed by atoms with van der Waals surface area (Å²) in [6, 6.07) is 9.02. The van der Waals surface area contributed by atoms with E-state index in [0.29, 0.717) is 17.4 Å². The second-order valence-corrected chi connectivity index (χ2v) is 10.9. The van der Waals surface area contributed by atoms with Gasteiger partial charge < -0.3 is 34.5 Å². The lowest BCUT2D eigenvalue weighted by Crippen LogP contribution is -2.13. The monoisotopic (exact) mass is 593 g/mol. The van der Waals surface area contributed by atoms with E-state index in [2.05, 4.69) is 20.6 Å². The minimum absolute atomic E-state index is 0.00984. The Labute approximate surface area is 232 Å². The molecular formula is C26H27F3N5O6P. The zero-order valence-electron chi connectivity index (χ0n) is 22.2. The Kier molecular flexibility index (Phi) is 8.57. The van der Waals surface area contributed by atoms with Crippen LogP contribution >= 0.6 is 7.60 Å². The lowest BCUT2D eigenvalue weighted by molar-refractivity contribution is -0.137. The number of alkyl halides is 3. The summed E-state index contributed by atoms with van der Waals surface area (Å²) in [5.41, 5.74) is -0.198. The number of aromatic hydroxyl groups is 1. The Bertz CT molecular complexity index is 1610. The van der Waals surface area contributed by atoms with Crippen molar-refractivity contribution < 1.29 is 41.8 Å². The van der Waals surface area contributed by atoms with Crippen molar-refractivity contribution in [2.45, 2.75) is 26.2 Å².